The summed E-state index contributed by atoms with van der Waals surface area (Å²) in [6.07, 6.45) is 8.52. The summed E-state index contributed by atoms with van der Waals surface area (Å²) in [5, 5.41) is 3.78. The normalized spacial score (nSPS) is 34.7. The highest BCUT2D eigenvalue weighted by atomic mass is 15.2. The van der Waals surface area contributed by atoms with E-state index in [2.05, 4.69) is 37.9 Å². The number of nitrogens with zero attached hydrogens (tertiary/aromatic N) is 1. The van der Waals surface area contributed by atoms with Crippen LogP contribution in [0.4, 0.5) is 0 Å². The van der Waals surface area contributed by atoms with Gasteiger partial charge in [-0.3, -0.25) is 0 Å². The Hall–Kier alpha value is -0.0800. The standard InChI is InChI=1S/C19H38N2/c1-5-7-16-10-11-21(13-16)14-18-12-17(15(3)4)8-9-19(18)20-6-2/h15-20H,5-14H2,1-4H3. The van der Waals surface area contributed by atoms with Gasteiger partial charge in [-0.25, -0.2) is 0 Å². The van der Waals surface area contributed by atoms with E-state index in [1.807, 2.05) is 0 Å². The van der Waals surface area contributed by atoms with Crippen molar-refractivity contribution in [3.8, 4) is 0 Å². The van der Waals surface area contributed by atoms with Crippen molar-refractivity contribution in [1.29, 1.82) is 0 Å². The highest BCUT2D eigenvalue weighted by Gasteiger charge is 2.33. The summed E-state index contributed by atoms with van der Waals surface area (Å²) in [5.74, 6) is 3.68. The van der Waals surface area contributed by atoms with Crippen LogP contribution >= 0.6 is 0 Å². The molecule has 1 aliphatic heterocycles. The number of rotatable bonds is 7. The monoisotopic (exact) mass is 294 g/mol. The predicted molar refractivity (Wildman–Crippen MR) is 92.6 cm³/mol. The predicted octanol–water partition coefficient (Wildman–Crippen LogP) is 4.16. The van der Waals surface area contributed by atoms with Crippen molar-refractivity contribution in [3.05, 3.63) is 0 Å². The van der Waals surface area contributed by atoms with E-state index in [0.717, 1.165) is 36.3 Å². The van der Waals surface area contributed by atoms with Crippen LogP contribution in [0.3, 0.4) is 0 Å². The zero-order chi connectivity index (χ0) is 15.2. The van der Waals surface area contributed by atoms with Gasteiger partial charge in [0.1, 0.15) is 0 Å². The smallest absolute Gasteiger partial charge is 0.0108 e. The summed E-state index contributed by atoms with van der Waals surface area (Å²) in [5.41, 5.74) is 0. The molecule has 0 aromatic carbocycles. The van der Waals surface area contributed by atoms with Gasteiger partial charge >= 0.3 is 0 Å². The molecule has 0 aromatic rings. The molecule has 1 aliphatic carbocycles. The first-order chi connectivity index (χ1) is 10.1. The molecule has 2 rings (SSSR count). The van der Waals surface area contributed by atoms with Crippen LogP contribution in [0.15, 0.2) is 0 Å². The second-order valence-electron chi connectivity index (χ2n) is 7.94. The van der Waals surface area contributed by atoms with E-state index in [0.29, 0.717) is 0 Å². The van der Waals surface area contributed by atoms with Crippen LogP contribution in [-0.2, 0) is 0 Å². The first-order valence-electron chi connectivity index (χ1n) is 9.59. The summed E-state index contributed by atoms with van der Waals surface area (Å²) in [7, 11) is 0. The Morgan fingerprint density at radius 2 is 1.95 bits per heavy atom. The van der Waals surface area contributed by atoms with Gasteiger partial charge in [0.2, 0.25) is 0 Å². The van der Waals surface area contributed by atoms with Crippen LogP contribution in [0.1, 0.15) is 66.2 Å². The molecule has 0 radical (unpaired) electrons. The third-order valence-corrected chi connectivity index (χ3v) is 5.99. The van der Waals surface area contributed by atoms with Crippen LogP contribution < -0.4 is 5.32 Å². The molecule has 2 nitrogen and oxygen atoms in total. The van der Waals surface area contributed by atoms with Gasteiger partial charge < -0.3 is 10.2 Å². The van der Waals surface area contributed by atoms with Gasteiger partial charge in [-0.05, 0) is 68.9 Å². The lowest BCUT2D eigenvalue weighted by Crippen LogP contribution is -2.46. The third-order valence-electron chi connectivity index (χ3n) is 5.99. The highest BCUT2D eigenvalue weighted by Crippen LogP contribution is 2.35. The molecule has 4 unspecified atom stereocenters. The van der Waals surface area contributed by atoms with Gasteiger partial charge in [0.15, 0.2) is 0 Å². The SMILES string of the molecule is CCCC1CCN(CC2CC(C(C)C)CCC2NCC)C1. The van der Waals surface area contributed by atoms with E-state index >= 15 is 0 Å². The Balaban J connectivity index is 1.87. The second-order valence-corrected chi connectivity index (χ2v) is 7.94. The Morgan fingerprint density at radius 3 is 2.62 bits per heavy atom. The molecule has 0 amide bonds. The van der Waals surface area contributed by atoms with E-state index in [1.54, 1.807) is 0 Å². The van der Waals surface area contributed by atoms with Crippen LogP contribution in [0.25, 0.3) is 0 Å². The molecule has 0 aromatic heterocycles. The Bertz CT molecular complexity index is 289. The molecule has 1 saturated carbocycles. The zero-order valence-corrected chi connectivity index (χ0v) is 14.9. The van der Waals surface area contributed by atoms with Crippen molar-refractivity contribution in [2.45, 2.75) is 72.3 Å². The van der Waals surface area contributed by atoms with Crippen molar-refractivity contribution in [1.82, 2.24) is 10.2 Å². The molecule has 1 N–H and O–H groups in total. The molecule has 4 atom stereocenters. The van der Waals surface area contributed by atoms with Crippen molar-refractivity contribution in [2.24, 2.45) is 23.7 Å². The van der Waals surface area contributed by atoms with Crippen LogP contribution in [0.2, 0.25) is 0 Å². The fraction of sp³-hybridized carbons (Fsp3) is 1.00. The maximum Gasteiger partial charge on any atom is 0.0108 e. The number of hydrogen-bond donors (Lipinski definition) is 1. The first kappa shape index (κ1) is 17.3. The van der Waals surface area contributed by atoms with Gasteiger partial charge in [0.25, 0.3) is 0 Å². The van der Waals surface area contributed by atoms with Gasteiger partial charge in [0.05, 0.1) is 0 Å². The quantitative estimate of drug-likeness (QED) is 0.758. The van der Waals surface area contributed by atoms with E-state index in [-0.39, 0.29) is 0 Å². The van der Waals surface area contributed by atoms with Crippen molar-refractivity contribution < 1.29 is 0 Å². The Kier molecular flexibility index (Phi) is 7.01. The molecule has 124 valence electrons. The van der Waals surface area contributed by atoms with Gasteiger partial charge in [0, 0.05) is 19.1 Å². The van der Waals surface area contributed by atoms with E-state index in [9.17, 15) is 0 Å². The van der Waals surface area contributed by atoms with Crippen LogP contribution in [0.5, 0.6) is 0 Å². The van der Waals surface area contributed by atoms with Gasteiger partial charge in [-0.1, -0.05) is 34.1 Å². The fourth-order valence-electron chi connectivity index (χ4n) is 4.69. The third kappa shape index (κ3) is 4.96. The summed E-state index contributed by atoms with van der Waals surface area (Å²) >= 11 is 0. The van der Waals surface area contributed by atoms with Crippen LogP contribution in [0, 0.1) is 23.7 Å². The summed E-state index contributed by atoms with van der Waals surface area (Å²) in [6.45, 7) is 14.6. The lowest BCUT2D eigenvalue weighted by atomic mass is 9.73. The number of hydrogen-bond acceptors (Lipinski definition) is 2. The van der Waals surface area contributed by atoms with Crippen molar-refractivity contribution >= 4 is 0 Å². The molecule has 2 heteroatoms. The van der Waals surface area contributed by atoms with E-state index in [1.165, 1.54) is 58.2 Å². The van der Waals surface area contributed by atoms with Gasteiger partial charge in [-0.15, -0.1) is 0 Å². The number of likely N-dealkylation sites (tertiary alicyclic amines) is 1. The topological polar surface area (TPSA) is 15.3 Å². The summed E-state index contributed by atoms with van der Waals surface area (Å²) in [4.78, 5) is 2.78. The molecule has 1 heterocycles. The van der Waals surface area contributed by atoms with E-state index < -0.39 is 0 Å². The Morgan fingerprint density at radius 1 is 1.14 bits per heavy atom. The van der Waals surface area contributed by atoms with Crippen molar-refractivity contribution in [3.63, 3.8) is 0 Å². The molecule has 0 bridgehead atoms. The lowest BCUT2D eigenvalue weighted by Gasteiger charge is -2.40. The minimum Gasteiger partial charge on any atom is -0.314 e. The van der Waals surface area contributed by atoms with E-state index in [4.69, 9.17) is 0 Å². The summed E-state index contributed by atoms with van der Waals surface area (Å²) < 4.78 is 0. The zero-order valence-electron chi connectivity index (χ0n) is 14.9. The average Bonchev–Trinajstić information content (AvgIpc) is 2.88. The average molecular weight is 295 g/mol. The molecule has 1 saturated heterocycles. The largest absolute Gasteiger partial charge is 0.314 e. The summed E-state index contributed by atoms with van der Waals surface area (Å²) in [6, 6.07) is 0.773. The van der Waals surface area contributed by atoms with Gasteiger partial charge in [-0.2, -0.15) is 0 Å². The minimum atomic E-state index is 0.773. The fourth-order valence-corrected chi connectivity index (χ4v) is 4.69. The molecule has 2 aliphatic rings. The minimum absolute atomic E-state index is 0.773. The molecule has 0 spiro atoms. The molecular weight excluding hydrogens is 256 g/mol. The lowest BCUT2D eigenvalue weighted by molar-refractivity contribution is 0.131. The Labute approximate surface area is 133 Å². The first-order valence-corrected chi connectivity index (χ1v) is 9.59. The molecular formula is C19H38N2. The maximum atomic E-state index is 3.78. The number of nitrogens with one attached hydrogen (secondary N) is 1. The second kappa shape index (κ2) is 8.53. The van der Waals surface area contributed by atoms with Crippen LogP contribution in [-0.4, -0.2) is 37.1 Å². The van der Waals surface area contributed by atoms with Crippen molar-refractivity contribution in [2.75, 3.05) is 26.2 Å². The maximum absolute atomic E-state index is 3.78. The molecule has 21 heavy (non-hydrogen) atoms. The highest BCUT2D eigenvalue weighted by molar-refractivity contribution is 4.89. The molecule has 2 fully saturated rings.